The fourth-order valence-electron chi connectivity index (χ4n) is 2.36. The summed E-state index contributed by atoms with van der Waals surface area (Å²) in [6.45, 7) is 6.33. The van der Waals surface area contributed by atoms with Crippen LogP contribution in [0.1, 0.15) is 30.0 Å². The lowest BCUT2D eigenvalue weighted by molar-refractivity contribution is -0.0718. The Morgan fingerprint density at radius 1 is 1.50 bits per heavy atom. The predicted octanol–water partition coefficient (Wildman–Crippen LogP) is 0.492. The van der Waals surface area contributed by atoms with Crippen LogP contribution in [0.4, 0.5) is 0 Å². The molecule has 0 radical (unpaired) electrons. The lowest BCUT2D eigenvalue weighted by Gasteiger charge is -2.34. The molecule has 6 nitrogen and oxygen atoms in total. The topological polar surface area (TPSA) is 80.7 Å². The van der Waals surface area contributed by atoms with Crippen LogP contribution in [-0.4, -0.2) is 36.1 Å². The molecule has 2 heterocycles. The van der Waals surface area contributed by atoms with E-state index in [1.807, 2.05) is 13.8 Å². The molecule has 1 aromatic heterocycles. The highest BCUT2D eigenvalue weighted by molar-refractivity contribution is 5.94. The summed E-state index contributed by atoms with van der Waals surface area (Å²) in [4.78, 5) is 13.7. The van der Waals surface area contributed by atoms with E-state index in [9.17, 15) is 4.79 Å². The van der Waals surface area contributed by atoms with Crippen LogP contribution < -0.4 is 11.3 Å². The van der Waals surface area contributed by atoms with Gasteiger partial charge in [0.1, 0.15) is 5.76 Å². The molecular weight excluding hydrogens is 234 g/mol. The SMILES string of the molecule is C[C@@H]1CN(Cc2occc2C(=O)NN)C[C@H](C)O1. The van der Waals surface area contributed by atoms with Crippen LogP contribution in [-0.2, 0) is 11.3 Å². The first kappa shape index (κ1) is 13.1. The largest absolute Gasteiger partial charge is 0.467 e. The standard InChI is InChI=1S/C12H19N3O3/c1-8-5-15(6-9(2)18-8)7-11-10(3-4-17-11)12(16)14-13/h3-4,8-9H,5-7,13H2,1-2H3,(H,14,16)/t8-,9+. The zero-order chi connectivity index (χ0) is 13.1. The van der Waals surface area contributed by atoms with Gasteiger partial charge in [-0.15, -0.1) is 0 Å². The molecule has 2 rings (SSSR count). The lowest BCUT2D eigenvalue weighted by atomic mass is 10.2. The van der Waals surface area contributed by atoms with Gasteiger partial charge in [0.05, 0.1) is 30.6 Å². The Balaban J connectivity index is 2.05. The van der Waals surface area contributed by atoms with Gasteiger partial charge in [0.25, 0.3) is 5.91 Å². The minimum absolute atomic E-state index is 0.190. The van der Waals surface area contributed by atoms with Crippen LogP contribution in [0.5, 0.6) is 0 Å². The summed E-state index contributed by atoms with van der Waals surface area (Å²) in [5.74, 6) is 5.45. The zero-order valence-electron chi connectivity index (χ0n) is 10.7. The highest BCUT2D eigenvalue weighted by atomic mass is 16.5. The molecule has 0 saturated carbocycles. The molecule has 18 heavy (non-hydrogen) atoms. The number of furan rings is 1. The Hall–Kier alpha value is -1.37. The summed E-state index contributed by atoms with van der Waals surface area (Å²) in [6.07, 6.45) is 1.89. The summed E-state index contributed by atoms with van der Waals surface area (Å²) < 4.78 is 11.0. The number of carbonyl (C=O) groups excluding carboxylic acids is 1. The van der Waals surface area contributed by atoms with Crippen LogP contribution in [0.15, 0.2) is 16.7 Å². The average molecular weight is 253 g/mol. The van der Waals surface area contributed by atoms with Gasteiger partial charge in [0, 0.05) is 13.1 Å². The monoisotopic (exact) mass is 253 g/mol. The number of rotatable bonds is 3. The van der Waals surface area contributed by atoms with E-state index in [0.29, 0.717) is 17.9 Å². The molecule has 0 aromatic carbocycles. The maximum absolute atomic E-state index is 11.5. The third-order valence-electron chi connectivity index (χ3n) is 2.98. The number of nitrogens with one attached hydrogen (secondary N) is 1. The second-order valence-corrected chi connectivity index (χ2v) is 4.68. The van der Waals surface area contributed by atoms with Crippen molar-refractivity contribution in [3.63, 3.8) is 0 Å². The molecule has 1 fully saturated rings. The molecule has 0 aliphatic carbocycles. The van der Waals surface area contributed by atoms with Crippen molar-refractivity contribution in [1.82, 2.24) is 10.3 Å². The van der Waals surface area contributed by atoms with Gasteiger partial charge in [-0.25, -0.2) is 5.84 Å². The summed E-state index contributed by atoms with van der Waals surface area (Å²) in [7, 11) is 0. The molecule has 0 unspecified atom stereocenters. The van der Waals surface area contributed by atoms with Crippen LogP contribution in [0.2, 0.25) is 0 Å². The Morgan fingerprint density at radius 2 is 2.17 bits per heavy atom. The number of hydrazine groups is 1. The lowest BCUT2D eigenvalue weighted by Crippen LogP contribution is -2.45. The summed E-state index contributed by atoms with van der Waals surface area (Å²) >= 11 is 0. The number of nitrogens with zero attached hydrogens (tertiary/aromatic N) is 1. The molecule has 1 saturated heterocycles. The highest BCUT2D eigenvalue weighted by Gasteiger charge is 2.24. The molecule has 0 spiro atoms. The number of hydrogen-bond acceptors (Lipinski definition) is 5. The van der Waals surface area contributed by atoms with E-state index in [2.05, 4.69) is 10.3 Å². The second-order valence-electron chi connectivity index (χ2n) is 4.68. The number of nitrogens with two attached hydrogens (primary N) is 1. The first-order valence-electron chi connectivity index (χ1n) is 6.05. The zero-order valence-corrected chi connectivity index (χ0v) is 10.7. The maximum Gasteiger partial charge on any atom is 0.268 e. The number of nitrogen functional groups attached to an aromatic ring is 1. The first-order valence-corrected chi connectivity index (χ1v) is 6.05. The normalized spacial score (nSPS) is 25.1. The van der Waals surface area contributed by atoms with Gasteiger partial charge in [-0.3, -0.25) is 15.1 Å². The van der Waals surface area contributed by atoms with E-state index >= 15 is 0 Å². The van der Waals surface area contributed by atoms with Gasteiger partial charge in [-0.05, 0) is 19.9 Å². The van der Waals surface area contributed by atoms with Crippen molar-refractivity contribution in [3.05, 3.63) is 23.7 Å². The molecule has 2 atom stereocenters. The molecule has 1 aromatic rings. The minimum atomic E-state index is -0.326. The van der Waals surface area contributed by atoms with E-state index in [1.165, 1.54) is 6.26 Å². The number of amides is 1. The van der Waals surface area contributed by atoms with E-state index < -0.39 is 0 Å². The smallest absolute Gasteiger partial charge is 0.268 e. The van der Waals surface area contributed by atoms with Crippen molar-refractivity contribution in [1.29, 1.82) is 0 Å². The van der Waals surface area contributed by atoms with Crippen LogP contribution in [0.3, 0.4) is 0 Å². The Morgan fingerprint density at radius 3 is 2.78 bits per heavy atom. The first-order chi connectivity index (χ1) is 8.60. The fourth-order valence-corrected chi connectivity index (χ4v) is 2.36. The van der Waals surface area contributed by atoms with Crippen molar-refractivity contribution < 1.29 is 13.9 Å². The summed E-state index contributed by atoms with van der Waals surface area (Å²) in [5.41, 5.74) is 2.61. The Labute approximate surface area is 106 Å². The fraction of sp³-hybridized carbons (Fsp3) is 0.583. The highest BCUT2D eigenvalue weighted by Crippen LogP contribution is 2.17. The summed E-state index contributed by atoms with van der Waals surface area (Å²) in [6, 6.07) is 1.63. The number of morpholine rings is 1. The predicted molar refractivity (Wildman–Crippen MR) is 65.6 cm³/mol. The van der Waals surface area contributed by atoms with Gasteiger partial charge in [0.15, 0.2) is 0 Å². The molecule has 100 valence electrons. The van der Waals surface area contributed by atoms with E-state index in [4.69, 9.17) is 15.0 Å². The maximum atomic E-state index is 11.5. The van der Waals surface area contributed by atoms with Crippen LogP contribution >= 0.6 is 0 Å². The number of ether oxygens (including phenoxy) is 1. The molecule has 6 heteroatoms. The minimum Gasteiger partial charge on any atom is -0.467 e. The van der Waals surface area contributed by atoms with E-state index in [0.717, 1.165) is 13.1 Å². The van der Waals surface area contributed by atoms with Crippen molar-refractivity contribution in [2.24, 2.45) is 5.84 Å². The van der Waals surface area contributed by atoms with E-state index in [-0.39, 0.29) is 18.1 Å². The van der Waals surface area contributed by atoms with E-state index in [1.54, 1.807) is 6.07 Å². The summed E-state index contributed by atoms with van der Waals surface area (Å²) in [5, 5.41) is 0. The molecule has 1 aliphatic heterocycles. The quantitative estimate of drug-likeness (QED) is 0.465. The molecule has 3 N–H and O–H groups in total. The Bertz CT molecular complexity index is 408. The number of carbonyl (C=O) groups is 1. The van der Waals surface area contributed by atoms with Gasteiger partial charge >= 0.3 is 0 Å². The number of hydrogen-bond donors (Lipinski definition) is 2. The van der Waals surface area contributed by atoms with Crippen molar-refractivity contribution in [2.75, 3.05) is 13.1 Å². The third-order valence-corrected chi connectivity index (χ3v) is 2.98. The van der Waals surface area contributed by atoms with Crippen LogP contribution in [0.25, 0.3) is 0 Å². The van der Waals surface area contributed by atoms with Crippen molar-refractivity contribution in [2.45, 2.75) is 32.6 Å². The van der Waals surface area contributed by atoms with Crippen molar-refractivity contribution >= 4 is 5.91 Å². The molecule has 1 amide bonds. The third kappa shape index (κ3) is 2.90. The van der Waals surface area contributed by atoms with Gasteiger partial charge in [0.2, 0.25) is 0 Å². The van der Waals surface area contributed by atoms with Gasteiger partial charge < -0.3 is 9.15 Å². The molecular formula is C12H19N3O3. The second kappa shape index (κ2) is 5.51. The van der Waals surface area contributed by atoms with Gasteiger partial charge in [-0.2, -0.15) is 0 Å². The van der Waals surface area contributed by atoms with Crippen molar-refractivity contribution in [3.8, 4) is 0 Å². The molecule has 1 aliphatic rings. The Kier molecular flexibility index (Phi) is 4.00. The molecule has 0 bridgehead atoms. The van der Waals surface area contributed by atoms with Gasteiger partial charge in [-0.1, -0.05) is 0 Å². The van der Waals surface area contributed by atoms with Crippen LogP contribution in [0, 0.1) is 0 Å². The average Bonchev–Trinajstić information content (AvgIpc) is 2.74.